The smallest absolute Gasteiger partial charge is 0.305 e. The molecule has 0 radical (unpaired) electrons. The molecular formula is C15H17F3N6O. The van der Waals surface area contributed by atoms with Crippen molar-refractivity contribution < 1.29 is 13.2 Å². The van der Waals surface area contributed by atoms with E-state index in [0.717, 1.165) is 41.5 Å². The Morgan fingerprint density at radius 1 is 1.12 bits per heavy atom. The van der Waals surface area contributed by atoms with Crippen LogP contribution in [0, 0.1) is 0 Å². The van der Waals surface area contributed by atoms with Crippen molar-refractivity contribution in [1.82, 2.24) is 29.4 Å². The molecule has 2 aromatic heterocycles. The highest BCUT2D eigenvalue weighted by molar-refractivity contribution is 5.20. The van der Waals surface area contributed by atoms with Gasteiger partial charge < -0.3 is 4.57 Å². The van der Waals surface area contributed by atoms with Gasteiger partial charge in [0, 0.05) is 19.2 Å². The Labute approximate surface area is 141 Å². The molecule has 1 aliphatic carbocycles. The van der Waals surface area contributed by atoms with Crippen molar-refractivity contribution >= 4 is 0 Å². The molecular weight excluding hydrogens is 337 g/mol. The van der Waals surface area contributed by atoms with E-state index >= 15 is 0 Å². The van der Waals surface area contributed by atoms with Crippen LogP contribution in [-0.4, -0.2) is 36.0 Å². The van der Waals surface area contributed by atoms with Crippen LogP contribution in [0.2, 0.25) is 0 Å². The highest BCUT2D eigenvalue weighted by Crippen LogP contribution is 2.29. The number of hydrogen-bond acceptors (Lipinski definition) is 5. The molecule has 134 valence electrons. The Morgan fingerprint density at radius 2 is 1.92 bits per heavy atom. The summed E-state index contributed by atoms with van der Waals surface area (Å²) in [5.41, 5.74) is 1.79. The van der Waals surface area contributed by atoms with Gasteiger partial charge in [-0.3, -0.25) is 9.69 Å². The van der Waals surface area contributed by atoms with E-state index in [2.05, 4.69) is 15.3 Å². The van der Waals surface area contributed by atoms with Crippen molar-refractivity contribution in [3.05, 3.63) is 39.3 Å². The quantitative estimate of drug-likeness (QED) is 0.811. The predicted octanol–water partition coefficient (Wildman–Crippen LogP) is 1.21. The second kappa shape index (κ2) is 5.94. The first kappa shape index (κ1) is 16.2. The van der Waals surface area contributed by atoms with Crippen LogP contribution in [0.4, 0.5) is 13.2 Å². The highest BCUT2D eigenvalue weighted by Gasteiger charge is 2.39. The minimum Gasteiger partial charge on any atom is -0.305 e. The van der Waals surface area contributed by atoms with Crippen LogP contribution in [0.3, 0.4) is 0 Å². The third-order valence-electron chi connectivity index (χ3n) is 4.69. The summed E-state index contributed by atoms with van der Waals surface area (Å²) in [7, 11) is 0. The van der Waals surface area contributed by atoms with E-state index in [1.165, 1.54) is 4.68 Å². The zero-order valence-corrected chi connectivity index (χ0v) is 13.5. The Morgan fingerprint density at radius 3 is 2.72 bits per heavy atom. The SMILES string of the molecule is O=c1cc2c(nn1CN1CCn3c(nnc3C(F)(F)F)C1)CCCC2. The summed E-state index contributed by atoms with van der Waals surface area (Å²) in [6.45, 7) is 0.949. The molecule has 0 spiro atoms. The molecule has 0 atom stereocenters. The second-order valence-electron chi connectivity index (χ2n) is 6.44. The fraction of sp³-hybridized carbons (Fsp3) is 0.600. The fourth-order valence-electron chi connectivity index (χ4n) is 3.43. The number of hydrogen-bond donors (Lipinski definition) is 0. The van der Waals surface area contributed by atoms with Crippen LogP contribution in [0.25, 0.3) is 0 Å². The van der Waals surface area contributed by atoms with E-state index < -0.39 is 12.0 Å². The van der Waals surface area contributed by atoms with Crippen molar-refractivity contribution in [2.45, 2.75) is 51.6 Å². The summed E-state index contributed by atoms with van der Waals surface area (Å²) in [5, 5.41) is 11.4. The van der Waals surface area contributed by atoms with E-state index in [1.54, 1.807) is 6.07 Å². The van der Waals surface area contributed by atoms with Gasteiger partial charge in [0.2, 0.25) is 5.82 Å². The lowest BCUT2D eigenvalue weighted by Gasteiger charge is -2.28. The van der Waals surface area contributed by atoms with Crippen LogP contribution in [0.5, 0.6) is 0 Å². The molecule has 4 rings (SSSR count). The van der Waals surface area contributed by atoms with Gasteiger partial charge in [0.05, 0.1) is 18.9 Å². The number of alkyl halides is 3. The van der Waals surface area contributed by atoms with Gasteiger partial charge in [-0.15, -0.1) is 10.2 Å². The Bertz CT molecular complexity index is 856. The molecule has 0 bridgehead atoms. The molecule has 10 heteroatoms. The van der Waals surface area contributed by atoms with Gasteiger partial charge in [-0.1, -0.05) is 0 Å². The monoisotopic (exact) mass is 354 g/mol. The summed E-state index contributed by atoms with van der Waals surface area (Å²) >= 11 is 0. The minimum absolute atomic E-state index is 0.136. The Hall–Kier alpha value is -2.23. The van der Waals surface area contributed by atoms with Gasteiger partial charge in [0.25, 0.3) is 5.56 Å². The fourth-order valence-corrected chi connectivity index (χ4v) is 3.43. The lowest BCUT2D eigenvalue weighted by Crippen LogP contribution is -2.40. The standard InChI is InChI=1S/C15H17F3N6O/c16-15(17,18)14-20-19-12-8-22(5-6-23(12)14)9-24-13(25)7-10-3-1-2-4-11(10)21-24/h7H,1-6,8-9H2. The molecule has 7 nitrogen and oxygen atoms in total. The molecule has 0 saturated carbocycles. The third kappa shape index (κ3) is 3.06. The Balaban J connectivity index is 1.54. The van der Waals surface area contributed by atoms with Gasteiger partial charge in [-0.25, -0.2) is 4.68 Å². The summed E-state index contributed by atoms with van der Waals surface area (Å²) in [6, 6.07) is 1.63. The average molecular weight is 354 g/mol. The maximum Gasteiger partial charge on any atom is 0.451 e. The summed E-state index contributed by atoms with van der Waals surface area (Å²) < 4.78 is 41.1. The number of halogens is 3. The molecule has 0 amide bonds. The summed E-state index contributed by atoms with van der Waals surface area (Å²) in [5.74, 6) is -0.712. The second-order valence-corrected chi connectivity index (χ2v) is 6.44. The van der Waals surface area contributed by atoms with Gasteiger partial charge >= 0.3 is 6.18 Å². The maximum atomic E-state index is 12.9. The van der Waals surface area contributed by atoms with Gasteiger partial charge in [0.1, 0.15) is 5.82 Å². The lowest BCUT2D eigenvalue weighted by atomic mass is 9.97. The maximum absolute atomic E-state index is 12.9. The molecule has 0 aromatic carbocycles. The topological polar surface area (TPSA) is 68.8 Å². The third-order valence-corrected chi connectivity index (χ3v) is 4.69. The lowest BCUT2D eigenvalue weighted by molar-refractivity contribution is -0.148. The van der Waals surface area contributed by atoms with Crippen LogP contribution in [-0.2, 0) is 38.8 Å². The Kier molecular flexibility index (Phi) is 3.86. The first-order chi connectivity index (χ1) is 11.9. The normalized spacial score (nSPS) is 18.0. The molecule has 2 aliphatic rings. The molecule has 0 fully saturated rings. The van der Waals surface area contributed by atoms with E-state index in [4.69, 9.17) is 0 Å². The molecule has 2 aromatic rings. The minimum atomic E-state index is -4.51. The molecule has 0 unspecified atom stereocenters. The van der Waals surface area contributed by atoms with Crippen LogP contribution >= 0.6 is 0 Å². The largest absolute Gasteiger partial charge is 0.451 e. The molecule has 1 aliphatic heterocycles. The molecule has 25 heavy (non-hydrogen) atoms. The van der Waals surface area contributed by atoms with Crippen molar-refractivity contribution in [3.63, 3.8) is 0 Å². The van der Waals surface area contributed by atoms with Crippen molar-refractivity contribution in [2.24, 2.45) is 0 Å². The molecule has 3 heterocycles. The van der Waals surface area contributed by atoms with Crippen LogP contribution in [0.1, 0.15) is 35.7 Å². The van der Waals surface area contributed by atoms with Gasteiger partial charge in [-0.05, 0) is 31.2 Å². The van der Waals surface area contributed by atoms with Crippen molar-refractivity contribution in [1.29, 1.82) is 0 Å². The van der Waals surface area contributed by atoms with E-state index in [9.17, 15) is 18.0 Å². The summed E-state index contributed by atoms with van der Waals surface area (Å²) in [4.78, 5) is 14.1. The molecule has 0 saturated heterocycles. The van der Waals surface area contributed by atoms with Gasteiger partial charge in [0.15, 0.2) is 0 Å². The number of aromatic nitrogens is 5. The first-order valence-electron chi connectivity index (χ1n) is 8.23. The summed E-state index contributed by atoms with van der Waals surface area (Å²) in [6.07, 6.45) is -0.637. The number of aryl methyl sites for hydroxylation is 2. The number of fused-ring (bicyclic) bond motifs is 2. The van der Waals surface area contributed by atoms with Crippen LogP contribution in [0.15, 0.2) is 10.9 Å². The van der Waals surface area contributed by atoms with Crippen molar-refractivity contribution in [2.75, 3.05) is 6.54 Å². The van der Waals surface area contributed by atoms with E-state index in [0.29, 0.717) is 6.54 Å². The first-order valence-corrected chi connectivity index (χ1v) is 8.23. The average Bonchev–Trinajstić information content (AvgIpc) is 2.99. The predicted molar refractivity (Wildman–Crippen MR) is 80.6 cm³/mol. The zero-order valence-electron chi connectivity index (χ0n) is 13.5. The zero-order chi connectivity index (χ0) is 17.6. The molecule has 0 N–H and O–H groups in total. The number of nitrogens with zero attached hydrogens (tertiary/aromatic N) is 6. The van der Waals surface area contributed by atoms with Crippen LogP contribution < -0.4 is 5.56 Å². The van der Waals surface area contributed by atoms with Gasteiger partial charge in [-0.2, -0.15) is 18.3 Å². The van der Waals surface area contributed by atoms with E-state index in [-0.39, 0.29) is 31.1 Å². The highest BCUT2D eigenvalue weighted by atomic mass is 19.4. The van der Waals surface area contributed by atoms with E-state index in [1.807, 2.05) is 4.90 Å². The number of rotatable bonds is 2. The van der Waals surface area contributed by atoms with Crippen molar-refractivity contribution in [3.8, 4) is 0 Å².